The van der Waals surface area contributed by atoms with E-state index < -0.39 is 18.1 Å². The van der Waals surface area contributed by atoms with Gasteiger partial charge in [0.15, 0.2) is 12.1 Å². The van der Waals surface area contributed by atoms with Crippen LogP contribution in [0.15, 0.2) is 97.2 Å². The molecule has 0 fully saturated rings. The maximum atomic E-state index is 12.8. The van der Waals surface area contributed by atoms with Crippen LogP contribution in [0.2, 0.25) is 0 Å². The molecule has 0 radical (unpaired) electrons. The van der Waals surface area contributed by atoms with Crippen molar-refractivity contribution in [1.29, 1.82) is 0 Å². The number of carbonyl (C=O) groups excluding carboxylic acids is 2. The number of allylic oxidation sites excluding steroid dienone is 16. The molecule has 2 unspecified atom stereocenters. The van der Waals surface area contributed by atoms with Gasteiger partial charge in [-0.2, -0.15) is 0 Å². The van der Waals surface area contributed by atoms with E-state index in [0.29, 0.717) is 19.3 Å². The standard InChI is InChI=1S/C57H95NO7/c1-6-8-10-12-14-16-18-20-22-24-26-27-28-29-30-32-33-35-37-39-41-43-45-47-55(59)64-52-53(51-63-50-49-54(57(61)62)58(3,4)5)65-56(60)48-46-44-42-40-38-36-34-31-25-23-21-19-17-15-13-11-9-7-2/h8,10,14,16,20,22-23,25-27,29-31,33-35,53-54H,6-7,9,11-13,15,17-19,21,24,28,32,36-52H2,1-5H3/p+1/b10-8+,16-14+,22-20+,25-23+,27-26+,30-29+,34-31+,35-33+. The highest BCUT2D eigenvalue weighted by molar-refractivity contribution is 5.72. The van der Waals surface area contributed by atoms with Crippen LogP contribution in [0, 0.1) is 0 Å². The first-order valence-corrected chi connectivity index (χ1v) is 25.8. The van der Waals surface area contributed by atoms with E-state index in [-0.39, 0.29) is 36.2 Å². The van der Waals surface area contributed by atoms with Gasteiger partial charge in [-0.3, -0.25) is 9.59 Å². The molecule has 0 saturated heterocycles. The summed E-state index contributed by atoms with van der Waals surface area (Å²) in [6.45, 7) is 4.57. The molecule has 0 aromatic rings. The first kappa shape index (κ1) is 61.2. The fourth-order valence-corrected chi connectivity index (χ4v) is 7.03. The Hall–Kier alpha value is -3.75. The minimum Gasteiger partial charge on any atom is -0.477 e. The van der Waals surface area contributed by atoms with Crippen LogP contribution >= 0.6 is 0 Å². The van der Waals surface area contributed by atoms with Crippen molar-refractivity contribution < 1.29 is 38.2 Å². The van der Waals surface area contributed by atoms with Crippen molar-refractivity contribution in [3.05, 3.63) is 97.2 Å². The molecule has 0 aliphatic rings. The molecule has 8 nitrogen and oxygen atoms in total. The van der Waals surface area contributed by atoms with E-state index in [2.05, 4.69) is 111 Å². The lowest BCUT2D eigenvalue weighted by Gasteiger charge is -2.31. The predicted octanol–water partition coefficient (Wildman–Crippen LogP) is 15.0. The van der Waals surface area contributed by atoms with Gasteiger partial charge in [-0.15, -0.1) is 0 Å². The summed E-state index contributed by atoms with van der Waals surface area (Å²) in [5.74, 6) is -1.53. The molecule has 0 spiro atoms. The van der Waals surface area contributed by atoms with Crippen LogP contribution in [0.25, 0.3) is 0 Å². The average Bonchev–Trinajstić information content (AvgIpc) is 3.27. The SMILES string of the molecule is CC/C=C/C/C=C/C/C=C/C/C=C/C/C=C/C/C=C/CCCCCCC(=O)OCC(COCCC(C(=O)O)[N+](C)(C)C)OC(=O)CCCCCCC/C=C/C=C/CCCCCCCCC. The molecule has 0 heterocycles. The van der Waals surface area contributed by atoms with E-state index in [1.165, 1.54) is 44.9 Å². The molecule has 0 aliphatic carbocycles. The summed E-state index contributed by atoms with van der Waals surface area (Å²) in [7, 11) is 5.51. The third kappa shape index (κ3) is 45.2. The second-order valence-electron chi connectivity index (χ2n) is 18.1. The summed E-state index contributed by atoms with van der Waals surface area (Å²) < 4.78 is 17.3. The Bertz CT molecular complexity index is 1380. The molecule has 0 aromatic heterocycles. The van der Waals surface area contributed by atoms with Gasteiger partial charge in [0.05, 0.1) is 34.4 Å². The lowest BCUT2D eigenvalue weighted by Crippen LogP contribution is -2.50. The number of ether oxygens (including phenoxy) is 3. The molecule has 1 N–H and O–H groups in total. The smallest absolute Gasteiger partial charge is 0.362 e. The Labute approximate surface area is 398 Å². The predicted molar refractivity (Wildman–Crippen MR) is 275 cm³/mol. The topological polar surface area (TPSA) is 99.1 Å². The number of hydrogen-bond acceptors (Lipinski definition) is 6. The molecule has 0 rings (SSSR count). The fourth-order valence-electron chi connectivity index (χ4n) is 7.03. The Balaban J connectivity index is 4.35. The molecule has 0 aromatic carbocycles. The number of rotatable bonds is 45. The van der Waals surface area contributed by atoms with Gasteiger partial charge in [-0.1, -0.05) is 182 Å². The second-order valence-corrected chi connectivity index (χ2v) is 18.1. The molecule has 0 bridgehead atoms. The molecule has 2 atom stereocenters. The third-order valence-electron chi connectivity index (χ3n) is 11.0. The summed E-state index contributed by atoms with van der Waals surface area (Å²) in [6.07, 6.45) is 63.1. The number of carboxylic acid groups (broad SMARTS) is 1. The Kier molecular flexibility index (Phi) is 44.1. The summed E-state index contributed by atoms with van der Waals surface area (Å²) in [6, 6.07) is -0.628. The van der Waals surface area contributed by atoms with Crippen LogP contribution < -0.4 is 0 Å². The number of hydrogen-bond donors (Lipinski definition) is 1. The molecule has 65 heavy (non-hydrogen) atoms. The largest absolute Gasteiger partial charge is 0.477 e. The Morgan fingerprint density at radius 1 is 0.492 bits per heavy atom. The maximum Gasteiger partial charge on any atom is 0.362 e. The highest BCUT2D eigenvalue weighted by Crippen LogP contribution is 2.13. The number of aliphatic carboxylic acids is 1. The summed E-state index contributed by atoms with van der Waals surface area (Å²) in [4.78, 5) is 37.2. The zero-order chi connectivity index (χ0) is 47.7. The Morgan fingerprint density at radius 3 is 1.37 bits per heavy atom. The molecule has 370 valence electrons. The zero-order valence-corrected chi connectivity index (χ0v) is 42.2. The van der Waals surface area contributed by atoms with Gasteiger partial charge in [0.2, 0.25) is 0 Å². The Morgan fingerprint density at radius 2 is 0.908 bits per heavy atom. The van der Waals surface area contributed by atoms with Crippen LogP contribution in [0.5, 0.6) is 0 Å². The fraction of sp³-hybridized carbons (Fsp3) is 0.667. The monoisotopic (exact) mass is 907 g/mol. The molecule has 8 heteroatoms. The first-order chi connectivity index (χ1) is 31.6. The minimum atomic E-state index is -0.885. The lowest BCUT2D eigenvalue weighted by atomic mass is 10.1. The van der Waals surface area contributed by atoms with Crippen molar-refractivity contribution in [3.63, 3.8) is 0 Å². The van der Waals surface area contributed by atoms with E-state index in [0.717, 1.165) is 116 Å². The number of likely N-dealkylation sites (N-methyl/N-ethyl adjacent to an activating group) is 1. The maximum absolute atomic E-state index is 12.8. The van der Waals surface area contributed by atoms with Crippen LogP contribution in [-0.2, 0) is 28.6 Å². The normalized spacial score (nSPS) is 13.7. The second kappa shape index (κ2) is 46.8. The highest BCUT2D eigenvalue weighted by atomic mass is 16.6. The van der Waals surface area contributed by atoms with Gasteiger partial charge in [0, 0.05) is 19.3 Å². The molecular formula is C57H96NO7+. The van der Waals surface area contributed by atoms with Crippen LogP contribution in [0.4, 0.5) is 0 Å². The van der Waals surface area contributed by atoms with Crippen molar-refractivity contribution in [1.82, 2.24) is 0 Å². The number of esters is 2. The average molecular weight is 907 g/mol. The van der Waals surface area contributed by atoms with E-state index in [4.69, 9.17) is 14.2 Å². The minimum absolute atomic E-state index is 0.0406. The van der Waals surface area contributed by atoms with Gasteiger partial charge in [-0.05, 0) is 89.9 Å². The van der Waals surface area contributed by atoms with Crippen molar-refractivity contribution in [2.24, 2.45) is 0 Å². The van der Waals surface area contributed by atoms with E-state index in [1.54, 1.807) is 0 Å². The van der Waals surface area contributed by atoms with Gasteiger partial charge >= 0.3 is 17.9 Å². The molecule has 0 amide bonds. The first-order valence-electron chi connectivity index (χ1n) is 25.8. The van der Waals surface area contributed by atoms with Crippen molar-refractivity contribution in [3.8, 4) is 0 Å². The number of nitrogens with zero attached hydrogens (tertiary/aromatic N) is 1. The van der Waals surface area contributed by atoms with Gasteiger partial charge in [-0.25, -0.2) is 4.79 Å². The number of quaternary nitrogens is 1. The third-order valence-corrected chi connectivity index (χ3v) is 11.0. The van der Waals surface area contributed by atoms with E-state index in [9.17, 15) is 19.5 Å². The van der Waals surface area contributed by atoms with Gasteiger partial charge < -0.3 is 23.8 Å². The van der Waals surface area contributed by atoms with Crippen LogP contribution in [0.1, 0.15) is 194 Å². The van der Waals surface area contributed by atoms with E-state index >= 15 is 0 Å². The number of unbranched alkanes of at least 4 members (excludes halogenated alkanes) is 16. The number of carbonyl (C=O) groups is 3. The van der Waals surface area contributed by atoms with Crippen molar-refractivity contribution >= 4 is 17.9 Å². The lowest BCUT2D eigenvalue weighted by molar-refractivity contribution is -0.887. The summed E-state index contributed by atoms with van der Waals surface area (Å²) >= 11 is 0. The van der Waals surface area contributed by atoms with Crippen molar-refractivity contribution in [2.45, 2.75) is 206 Å². The van der Waals surface area contributed by atoms with Crippen LogP contribution in [0.3, 0.4) is 0 Å². The highest BCUT2D eigenvalue weighted by Gasteiger charge is 2.31. The van der Waals surface area contributed by atoms with Gasteiger partial charge in [0.1, 0.15) is 6.61 Å². The number of carboxylic acids is 1. The van der Waals surface area contributed by atoms with Crippen molar-refractivity contribution in [2.75, 3.05) is 41.0 Å². The molecular weight excluding hydrogens is 811 g/mol. The molecule has 0 aliphatic heterocycles. The van der Waals surface area contributed by atoms with Gasteiger partial charge in [0.25, 0.3) is 0 Å². The summed E-state index contributed by atoms with van der Waals surface area (Å²) in [5.41, 5.74) is 0. The summed E-state index contributed by atoms with van der Waals surface area (Å²) in [5, 5.41) is 9.65. The van der Waals surface area contributed by atoms with E-state index in [1.807, 2.05) is 21.1 Å². The quantitative estimate of drug-likeness (QED) is 0.0214. The van der Waals surface area contributed by atoms with Crippen LogP contribution in [-0.4, -0.2) is 80.6 Å². The molecule has 0 saturated carbocycles. The zero-order valence-electron chi connectivity index (χ0n) is 42.2.